The van der Waals surface area contributed by atoms with E-state index >= 15 is 0 Å². The second kappa shape index (κ2) is 6.03. The van der Waals surface area contributed by atoms with Crippen LogP contribution in [0.5, 0.6) is 0 Å². The molecule has 0 aliphatic rings. The predicted octanol–water partition coefficient (Wildman–Crippen LogP) is 3.53. The van der Waals surface area contributed by atoms with Gasteiger partial charge in [-0.1, -0.05) is 22.9 Å². The number of aryl methyl sites for hydroxylation is 1. The van der Waals surface area contributed by atoms with E-state index in [1.165, 1.54) is 6.07 Å². The predicted molar refractivity (Wildman–Crippen MR) is 85.1 cm³/mol. The zero-order chi connectivity index (χ0) is 15.6. The lowest BCUT2D eigenvalue weighted by molar-refractivity contribution is 0.600. The molecule has 2 aromatic rings. The van der Waals surface area contributed by atoms with Gasteiger partial charge in [-0.15, -0.1) is 0 Å². The Hall–Kier alpha value is -1.60. The quantitative estimate of drug-likeness (QED) is 0.806. The Kier molecular flexibility index (Phi) is 4.53. The summed E-state index contributed by atoms with van der Waals surface area (Å²) < 4.78 is 41.1. The molecule has 0 fully saturated rings. The van der Waals surface area contributed by atoms with Gasteiger partial charge in [0.1, 0.15) is 5.82 Å². The van der Waals surface area contributed by atoms with E-state index in [2.05, 4.69) is 20.7 Å². The van der Waals surface area contributed by atoms with E-state index in [0.717, 1.165) is 22.2 Å². The molecule has 0 aliphatic carbocycles. The Labute approximate surface area is 131 Å². The van der Waals surface area contributed by atoms with Gasteiger partial charge >= 0.3 is 0 Å². The summed E-state index contributed by atoms with van der Waals surface area (Å²) in [6.45, 7) is 1.93. The van der Waals surface area contributed by atoms with Gasteiger partial charge in [0.2, 0.25) is 0 Å². The minimum atomic E-state index is -3.81. The number of nitrogens with one attached hydrogen (secondary N) is 1. The topological polar surface area (TPSA) is 72.2 Å². The first-order valence-electron chi connectivity index (χ1n) is 6.19. The molecule has 21 heavy (non-hydrogen) atoms. The van der Waals surface area contributed by atoms with Crippen molar-refractivity contribution in [2.45, 2.75) is 18.2 Å². The van der Waals surface area contributed by atoms with Gasteiger partial charge in [0.05, 0.1) is 16.3 Å². The number of halogens is 2. The third-order valence-corrected chi connectivity index (χ3v) is 4.83. The van der Waals surface area contributed by atoms with Gasteiger partial charge in [0, 0.05) is 4.47 Å². The summed E-state index contributed by atoms with van der Waals surface area (Å²) in [6.07, 6.45) is 0.669. The fourth-order valence-corrected chi connectivity index (χ4v) is 3.39. The highest BCUT2D eigenvalue weighted by molar-refractivity contribution is 9.10. The van der Waals surface area contributed by atoms with Crippen LogP contribution in [0.1, 0.15) is 12.5 Å². The van der Waals surface area contributed by atoms with Gasteiger partial charge in [0.25, 0.3) is 10.0 Å². The van der Waals surface area contributed by atoms with Crippen molar-refractivity contribution in [1.29, 1.82) is 0 Å². The second-order valence-corrected chi connectivity index (χ2v) is 7.04. The normalized spacial score (nSPS) is 11.4. The van der Waals surface area contributed by atoms with Crippen LogP contribution in [-0.4, -0.2) is 8.42 Å². The zero-order valence-corrected chi connectivity index (χ0v) is 13.6. The summed E-state index contributed by atoms with van der Waals surface area (Å²) in [7, 11) is -3.81. The van der Waals surface area contributed by atoms with Crippen molar-refractivity contribution in [2.24, 2.45) is 0 Å². The minimum Gasteiger partial charge on any atom is -0.396 e. The molecular weight excluding hydrogens is 359 g/mol. The Morgan fingerprint density at radius 1 is 1.24 bits per heavy atom. The second-order valence-electron chi connectivity index (χ2n) is 4.44. The summed E-state index contributed by atoms with van der Waals surface area (Å²) in [6, 6.07) is 8.58. The third kappa shape index (κ3) is 3.54. The zero-order valence-electron chi connectivity index (χ0n) is 11.2. The minimum absolute atomic E-state index is 0.0774. The Bertz CT molecular complexity index is 779. The van der Waals surface area contributed by atoms with Crippen LogP contribution in [-0.2, 0) is 16.4 Å². The average Bonchev–Trinajstić information content (AvgIpc) is 2.43. The van der Waals surface area contributed by atoms with Gasteiger partial charge in [0.15, 0.2) is 0 Å². The fraction of sp³-hybridized carbons (Fsp3) is 0.143. The maximum Gasteiger partial charge on any atom is 0.261 e. The monoisotopic (exact) mass is 372 g/mol. The molecule has 4 nitrogen and oxygen atoms in total. The molecule has 0 atom stereocenters. The highest BCUT2D eigenvalue weighted by Crippen LogP contribution is 2.25. The van der Waals surface area contributed by atoms with Crippen molar-refractivity contribution in [3.63, 3.8) is 0 Å². The molecule has 0 radical (unpaired) electrons. The Balaban J connectivity index is 2.39. The molecule has 2 rings (SSSR count). The molecule has 0 heterocycles. The van der Waals surface area contributed by atoms with E-state index in [0.29, 0.717) is 12.1 Å². The van der Waals surface area contributed by atoms with E-state index in [9.17, 15) is 12.8 Å². The number of hydrogen-bond acceptors (Lipinski definition) is 3. The summed E-state index contributed by atoms with van der Waals surface area (Å²) in [5, 5.41) is 0. The highest BCUT2D eigenvalue weighted by atomic mass is 79.9. The van der Waals surface area contributed by atoms with Gasteiger partial charge in [-0.2, -0.15) is 0 Å². The number of nitrogen functional groups attached to an aromatic ring is 1. The molecule has 3 N–H and O–H groups in total. The SMILES string of the molecule is CCc1cc(Br)ccc1NS(=O)(=O)c1ccc(F)c(N)c1. The van der Waals surface area contributed by atoms with Gasteiger partial charge < -0.3 is 5.73 Å². The first kappa shape index (κ1) is 15.8. The first-order chi connectivity index (χ1) is 9.83. The van der Waals surface area contributed by atoms with Gasteiger partial charge in [-0.25, -0.2) is 12.8 Å². The van der Waals surface area contributed by atoms with Crippen LogP contribution < -0.4 is 10.5 Å². The Morgan fingerprint density at radius 2 is 1.95 bits per heavy atom. The third-order valence-electron chi connectivity index (χ3n) is 2.97. The van der Waals surface area contributed by atoms with E-state index in [1.807, 2.05) is 13.0 Å². The number of benzene rings is 2. The van der Waals surface area contributed by atoms with E-state index in [4.69, 9.17) is 5.73 Å². The fourth-order valence-electron chi connectivity index (χ4n) is 1.85. The number of hydrogen-bond donors (Lipinski definition) is 2. The molecule has 2 aromatic carbocycles. The van der Waals surface area contributed by atoms with Crippen molar-refractivity contribution in [2.75, 3.05) is 10.5 Å². The Morgan fingerprint density at radius 3 is 2.57 bits per heavy atom. The first-order valence-corrected chi connectivity index (χ1v) is 8.47. The maximum atomic E-state index is 13.1. The lowest BCUT2D eigenvalue weighted by atomic mass is 10.1. The standard InChI is InChI=1S/C14H14BrFN2O2S/c1-2-9-7-10(15)3-6-14(9)18-21(19,20)11-4-5-12(16)13(17)8-11/h3-8,18H,2,17H2,1H3. The summed E-state index contributed by atoms with van der Waals surface area (Å²) in [5.74, 6) is -0.646. The van der Waals surface area contributed by atoms with Crippen LogP contribution in [0.4, 0.5) is 15.8 Å². The summed E-state index contributed by atoms with van der Waals surface area (Å²) >= 11 is 3.34. The van der Waals surface area contributed by atoms with Gasteiger partial charge in [-0.3, -0.25) is 4.72 Å². The molecule has 0 saturated carbocycles. The van der Waals surface area contributed by atoms with Crippen LogP contribution in [0.15, 0.2) is 45.8 Å². The number of nitrogens with two attached hydrogens (primary N) is 1. The van der Waals surface area contributed by atoms with Crippen LogP contribution in [0.25, 0.3) is 0 Å². The van der Waals surface area contributed by atoms with E-state index in [-0.39, 0.29) is 10.6 Å². The summed E-state index contributed by atoms with van der Waals surface area (Å²) in [4.78, 5) is -0.0774. The highest BCUT2D eigenvalue weighted by Gasteiger charge is 2.17. The van der Waals surface area contributed by atoms with Crippen LogP contribution in [0, 0.1) is 5.82 Å². The van der Waals surface area contributed by atoms with E-state index < -0.39 is 15.8 Å². The smallest absolute Gasteiger partial charge is 0.261 e. The van der Waals surface area contributed by atoms with Crippen molar-refractivity contribution in [3.05, 3.63) is 52.3 Å². The molecular formula is C14H14BrFN2O2S. The van der Waals surface area contributed by atoms with Crippen LogP contribution in [0.3, 0.4) is 0 Å². The van der Waals surface area contributed by atoms with Crippen molar-refractivity contribution in [1.82, 2.24) is 0 Å². The number of sulfonamides is 1. The lowest BCUT2D eigenvalue weighted by Gasteiger charge is -2.12. The molecule has 0 amide bonds. The van der Waals surface area contributed by atoms with Crippen molar-refractivity contribution < 1.29 is 12.8 Å². The van der Waals surface area contributed by atoms with Crippen molar-refractivity contribution in [3.8, 4) is 0 Å². The molecule has 7 heteroatoms. The molecule has 0 spiro atoms. The summed E-state index contributed by atoms with van der Waals surface area (Å²) in [5.41, 5.74) is 6.55. The van der Waals surface area contributed by atoms with Crippen LogP contribution >= 0.6 is 15.9 Å². The van der Waals surface area contributed by atoms with Crippen LogP contribution in [0.2, 0.25) is 0 Å². The maximum absolute atomic E-state index is 13.1. The molecule has 0 aromatic heterocycles. The molecule has 0 saturated heterocycles. The molecule has 0 bridgehead atoms. The molecule has 0 aliphatic heterocycles. The average molecular weight is 373 g/mol. The number of anilines is 2. The largest absolute Gasteiger partial charge is 0.396 e. The van der Waals surface area contributed by atoms with Gasteiger partial charge in [-0.05, 0) is 48.4 Å². The van der Waals surface area contributed by atoms with Crippen molar-refractivity contribution >= 4 is 37.3 Å². The molecule has 0 unspecified atom stereocenters. The lowest BCUT2D eigenvalue weighted by Crippen LogP contribution is -2.14. The number of rotatable bonds is 4. The van der Waals surface area contributed by atoms with E-state index in [1.54, 1.807) is 12.1 Å². The molecule has 112 valence electrons.